The molecule has 0 aliphatic rings. The van der Waals surface area contributed by atoms with Crippen molar-refractivity contribution in [1.82, 2.24) is 0 Å². The van der Waals surface area contributed by atoms with E-state index < -0.39 is 29.0 Å². The Bertz CT molecular complexity index is 69.1. The molecule has 0 spiro atoms. The van der Waals surface area contributed by atoms with Gasteiger partial charge in [-0.05, 0) is 0 Å². The second-order valence-electron chi connectivity index (χ2n) is 0.461. The molecule has 0 fully saturated rings. The molecule has 0 saturated carbocycles. The summed E-state index contributed by atoms with van der Waals surface area (Å²) in [6.45, 7) is 0. The summed E-state index contributed by atoms with van der Waals surface area (Å²) in [5.74, 6) is 0. The van der Waals surface area contributed by atoms with E-state index in [0.717, 1.165) is 0 Å². The summed E-state index contributed by atoms with van der Waals surface area (Å²) in [4.78, 5) is 0. The van der Waals surface area contributed by atoms with Gasteiger partial charge in [0.25, 0.3) is 0 Å². The van der Waals surface area contributed by atoms with Gasteiger partial charge >= 0.3 is 83.0 Å². The van der Waals surface area contributed by atoms with Crippen LogP contribution >= 0.6 is 0 Å². The van der Waals surface area contributed by atoms with Gasteiger partial charge < -0.3 is 0 Å². The van der Waals surface area contributed by atoms with Gasteiger partial charge in [0.05, 0.1) is 0 Å². The Morgan fingerprint density at radius 2 is 0.778 bits per heavy atom. The van der Waals surface area contributed by atoms with E-state index in [2.05, 4.69) is 0 Å². The molecule has 4 N–H and O–H groups in total. The topological polar surface area (TPSA) is 115 Å². The van der Waals surface area contributed by atoms with Crippen LogP contribution in [0.4, 0.5) is 0 Å². The van der Waals surface area contributed by atoms with Crippen LogP contribution < -0.4 is 0 Å². The number of hydrogen-bond donors (Lipinski definition) is 4. The van der Waals surface area contributed by atoms with Gasteiger partial charge in [0, 0.05) is 0 Å². The summed E-state index contributed by atoms with van der Waals surface area (Å²) in [5, 5.41) is 0. The minimum atomic E-state index is -3.29. The van der Waals surface area contributed by atoms with Crippen molar-refractivity contribution < 1.29 is 24.4 Å². The maximum atomic E-state index is 8.76. The van der Waals surface area contributed by atoms with E-state index in [1.165, 1.54) is 0 Å². The van der Waals surface area contributed by atoms with Crippen molar-refractivity contribution in [1.29, 1.82) is 0 Å². The molecular formula is H5NaO6Se2. The molecule has 0 atom stereocenters. The van der Waals surface area contributed by atoms with Gasteiger partial charge in [0.1, 0.15) is 0 Å². The van der Waals surface area contributed by atoms with Gasteiger partial charge in [-0.2, -0.15) is 0 Å². The minimum absolute atomic E-state index is 0. The van der Waals surface area contributed by atoms with Crippen molar-refractivity contribution in [2.75, 3.05) is 0 Å². The molecular weight excluding hydrogens is 277 g/mol. The van der Waals surface area contributed by atoms with E-state index in [4.69, 9.17) is 24.4 Å². The average Bonchev–Trinajstić information content (AvgIpc) is 1.25. The summed E-state index contributed by atoms with van der Waals surface area (Å²) in [6.07, 6.45) is 0. The molecule has 0 rings (SSSR count). The first-order valence-electron chi connectivity index (χ1n) is 1.06. The van der Waals surface area contributed by atoms with Crippen molar-refractivity contribution in [3.63, 3.8) is 0 Å². The van der Waals surface area contributed by atoms with Crippen LogP contribution in [0.1, 0.15) is 0 Å². The van der Waals surface area contributed by atoms with Crippen molar-refractivity contribution in [2.45, 2.75) is 0 Å². The van der Waals surface area contributed by atoms with Crippen molar-refractivity contribution in [3.8, 4) is 0 Å². The molecule has 0 saturated heterocycles. The monoisotopic (exact) mass is 284 g/mol. The van der Waals surface area contributed by atoms with Crippen LogP contribution in [-0.4, -0.2) is 75.3 Å². The summed E-state index contributed by atoms with van der Waals surface area (Å²) in [6, 6.07) is 0. The van der Waals surface area contributed by atoms with Crippen LogP contribution in [0, 0.1) is 0 Å². The SMILES string of the molecule is O=[Se](O)O.O=[Se](O)O.[NaH]. The molecule has 0 aromatic heterocycles. The molecule has 0 unspecified atom stereocenters. The zero-order valence-electron chi connectivity index (χ0n) is 3.42. The first kappa shape index (κ1) is 16.8. The van der Waals surface area contributed by atoms with E-state index in [0.29, 0.717) is 0 Å². The summed E-state index contributed by atoms with van der Waals surface area (Å²) in [5.41, 5.74) is 0. The molecule has 0 bridgehead atoms. The fourth-order valence-electron chi connectivity index (χ4n) is 0. The Morgan fingerprint density at radius 1 is 0.778 bits per heavy atom. The van der Waals surface area contributed by atoms with Crippen molar-refractivity contribution in [3.05, 3.63) is 0 Å². The molecule has 0 aromatic rings. The van der Waals surface area contributed by atoms with Crippen LogP contribution in [0.5, 0.6) is 0 Å². The molecule has 0 aliphatic heterocycles. The standard InChI is InChI=1S/Na.2H2O3Se.H/c;2*1-4(2)3;/h;2*(H2,1,2,3);. The molecule has 0 radical (unpaired) electrons. The predicted molar refractivity (Wildman–Crippen MR) is 28.9 cm³/mol. The molecule has 6 nitrogen and oxygen atoms in total. The molecule has 9 heavy (non-hydrogen) atoms. The fourth-order valence-corrected chi connectivity index (χ4v) is 0. The average molecular weight is 282 g/mol. The van der Waals surface area contributed by atoms with E-state index in [9.17, 15) is 0 Å². The number of hydrogen-bond acceptors (Lipinski definition) is 2. The van der Waals surface area contributed by atoms with Crippen LogP contribution in [-0.2, 0) is 7.67 Å². The normalized spacial score (nSPS) is 7.78. The Morgan fingerprint density at radius 3 is 0.778 bits per heavy atom. The number of rotatable bonds is 0. The van der Waals surface area contributed by atoms with Gasteiger partial charge in [0.15, 0.2) is 0 Å². The van der Waals surface area contributed by atoms with Crippen LogP contribution in [0.3, 0.4) is 0 Å². The molecule has 0 aromatic carbocycles. The molecule has 0 heterocycles. The second kappa shape index (κ2) is 12.2. The zero-order chi connectivity index (χ0) is 7.15. The van der Waals surface area contributed by atoms with Gasteiger partial charge in [-0.25, -0.2) is 0 Å². The Hall–Kier alpha value is 1.48. The van der Waals surface area contributed by atoms with Gasteiger partial charge in [-0.1, -0.05) is 0 Å². The predicted octanol–water partition coefficient (Wildman–Crippen LogP) is -3.88. The second-order valence-corrected chi connectivity index (χ2v) is 2.40. The van der Waals surface area contributed by atoms with Crippen LogP contribution in [0.2, 0.25) is 0 Å². The third-order valence-electron chi connectivity index (χ3n) is 0. The third kappa shape index (κ3) is 242. The maximum absolute atomic E-state index is 8.76. The third-order valence-corrected chi connectivity index (χ3v) is 0. The first-order valence-corrected chi connectivity index (χ1v) is 5.53. The van der Waals surface area contributed by atoms with E-state index >= 15 is 0 Å². The van der Waals surface area contributed by atoms with Crippen molar-refractivity contribution in [2.24, 2.45) is 0 Å². The summed E-state index contributed by atoms with van der Waals surface area (Å²) < 4.78 is 46.2. The van der Waals surface area contributed by atoms with Gasteiger partial charge in [-0.3, -0.25) is 0 Å². The molecule has 54 valence electrons. The molecule has 0 aliphatic carbocycles. The summed E-state index contributed by atoms with van der Waals surface area (Å²) in [7, 11) is 0. The quantitative estimate of drug-likeness (QED) is 0.338. The van der Waals surface area contributed by atoms with Gasteiger partial charge in [0.2, 0.25) is 0 Å². The molecule has 0 amide bonds. The molecule has 9 heteroatoms. The van der Waals surface area contributed by atoms with Gasteiger partial charge in [-0.15, -0.1) is 0 Å². The first-order chi connectivity index (χ1) is 3.46. The van der Waals surface area contributed by atoms with E-state index in [1.54, 1.807) is 0 Å². The van der Waals surface area contributed by atoms with Crippen LogP contribution in [0.15, 0.2) is 0 Å². The summed E-state index contributed by atoms with van der Waals surface area (Å²) >= 11 is -6.58. The van der Waals surface area contributed by atoms with E-state index in [-0.39, 0.29) is 29.6 Å². The zero-order valence-corrected chi connectivity index (χ0v) is 6.85. The fraction of sp³-hybridized carbons (Fsp3) is 0. The van der Waals surface area contributed by atoms with Crippen molar-refractivity contribution >= 4 is 58.5 Å². The van der Waals surface area contributed by atoms with E-state index in [1.807, 2.05) is 0 Å². The Labute approximate surface area is 82.3 Å². The van der Waals surface area contributed by atoms with Crippen LogP contribution in [0.25, 0.3) is 0 Å². The Balaban J connectivity index is -0.0000000720. The Kier molecular flexibility index (Phi) is 22.8.